The highest BCUT2D eigenvalue weighted by Crippen LogP contribution is 2.25. The van der Waals surface area contributed by atoms with Gasteiger partial charge in [0.2, 0.25) is 0 Å². The van der Waals surface area contributed by atoms with Crippen molar-refractivity contribution >= 4 is 17.3 Å². The molecular formula is C13H20ClNO. The van der Waals surface area contributed by atoms with E-state index in [4.69, 9.17) is 16.7 Å². The van der Waals surface area contributed by atoms with Crippen LogP contribution in [0.1, 0.15) is 32.8 Å². The Hall–Kier alpha value is -0.730. The van der Waals surface area contributed by atoms with Crippen molar-refractivity contribution in [3.8, 4) is 0 Å². The average Bonchev–Trinajstić information content (AvgIpc) is 2.27. The summed E-state index contributed by atoms with van der Waals surface area (Å²) in [6.45, 7) is 6.57. The third kappa shape index (κ3) is 3.39. The fraction of sp³-hybridized carbons (Fsp3) is 0.538. The van der Waals surface area contributed by atoms with E-state index in [1.165, 1.54) is 0 Å². The number of halogens is 1. The molecule has 0 saturated carbocycles. The monoisotopic (exact) mass is 241 g/mol. The van der Waals surface area contributed by atoms with Crippen molar-refractivity contribution in [2.45, 2.75) is 39.8 Å². The van der Waals surface area contributed by atoms with Gasteiger partial charge in [0.25, 0.3) is 0 Å². The Labute approximate surface area is 103 Å². The lowest BCUT2D eigenvalue weighted by atomic mass is 10.0. The smallest absolute Gasteiger partial charge is 0.0682 e. The van der Waals surface area contributed by atoms with Gasteiger partial charge in [-0.1, -0.05) is 38.4 Å². The van der Waals surface area contributed by atoms with Crippen LogP contribution in [-0.2, 0) is 6.61 Å². The maximum absolute atomic E-state index is 9.08. The Morgan fingerprint density at radius 3 is 2.56 bits per heavy atom. The Balaban J connectivity index is 2.86. The molecule has 0 amide bonds. The van der Waals surface area contributed by atoms with Gasteiger partial charge in [-0.15, -0.1) is 0 Å². The van der Waals surface area contributed by atoms with Crippen molar-refractivity contribution in [2.75, 3.05) is 5.32 Å². The normalized spacial score (nSPS) is 12.9. The molecule has 0 aliphatic carbocycles. The summed E-state index contributed by atoms with van der Waals surface area (Å²) in [7, 11) is 0. The first-order valence-corrected chi connectivity index (χ1v) is 6.12. The third-order valence-corrected chi connectivity index (χ3v) is 3.13. The second-order valence-corrected chi connectivity index (χ2v) is 4.78. The predicted molar refractivity (Wildman–Crippen MR) is 69.9 cm³/mol. The number of benzene rings is 1. The molecule has 90 valence electrons. The van der Waals surface area contributed by atoms with E-state index in [1.54, 1.807) is 0 Å². The highest BCUT2D eigenvalue weighted by molar-refractivity contribution is 6.33. The van der Waals surface area contributed by atoms with E-state index >= 15 is 0 Å². The molecule has 1 aromatic carbocycles. The number of anilines is 1. The van der Waals surface area contributed by atoms with Crippen LogP contribution in [0.25, 0.3) is 0 Å². The first-order chi connectivity index (χ1) is 7.58. The van der Waals surface area contributed by atoms with Crippen molar-refractivity contribution < 1.29 is 5.11 Å². The zero-order valence-corrected chi connectivity index (χ0v) is 10.9. The molecular weight excluding hydrogens is 222 g/mol. The van der Waals surface area contributed by atoms with Gasteiger partial charge in [0.1, 0.15) is 0 Å². The van der Waals surface area contributed by atoms with Gasteiger partial charge in [0.05, 0.1) is 17.3 Å². The number of nitrogens with one attached hydrogen (secondary N) is 1. The van der Waals surface area contributed by atoms with E-state index in [0.717, 1.165) is 17.7 Å². The zero-order valence-electron chi connectivity index (χ0n) is 10.1. The van der Waals surface area contributed by atoms with Crippen LogP contribution in [0, 0.1) is 5.92 Å². The number of rotatable bonds is 5. The summed E-state index contributed by atoms with van der Waals surface area (Å²) in [5.41, 5.74) is 1.79. The molecule has 0 spiro atoms. The van der Waals surface area contributed by atoms with Crippen LogP contribution in [0.3, 0.4) is 0 Å². The molecule has 0 aromatic heterocycles. The summed E-state index contributed by atoms with van der Waals surface area (Å²) in [5.74, 6) is 0.554. The summed E-state index contributed by atoms with van der Waals surface area (Å²) in [6.07, 6.45) is 1.05. The van der Waals surface area contributed by atoms with E-state index in [2.05, 4.69) is 26.1 Å². The highest BCUT2D eigenvalue weighted by Gasteiger charge is 2.12. The van der Waals surface area contributed by atoms with Crippen LogP contribution in [-0.4, -0.2) is 11.1 Å². The molecule has 0 bridgehead atoms. The SMILES string of the molecule is CCC(Nc1cc(CO)ccc1Cl)C(C)C. The lowest BCUT2D eigenvalue weighted by molar-refractivity contribution is 0.282. The van der Waals surface area contributed by atoms with Gasteiger partial charge in [0.15, 0.2) is 0 Å². The van der Waals surface area contributed by atoms with Gasteiger partial charge < -0.3 is 10.4 Å². The van der Waals surface area contributed by atoms with Gasteiger partial charge in [-0.05, 0) is 30.0 Å². The highest BCUT2D eigenvalue weighted by atomic mass is 35.5. The molecule has 1 atom stereocenters. The average molecular weight is 242 g/mol. The van der Waals surface area contributed by atoms with Crippen molar-refractivity contribution in [1.82, 2.24) is 0 Å². The molecule has 0 aliphatic heterocycles. The molecule has 16 heavy (non-hydrogen) atoms. The van der Waals surface area contributed by atoms with Crippen LogP contribution < -0.4 is 5.32 Å². The van der Waals surface area contributed by atoms with E-state index in [0.29, 0.717) is 17.0 Å². The molecule has 1 unspecified atom stereocenters. The van der Waals surface area contributed by atoms with Crippen LogP contribution in [0.15, 0.2) is 18.2 Å². The van der Waals surface area contributed by atoms with Crippen LogP contribution >= 0.6 is 11.6 Å². The van der Waals surface area contributed by atoms with E-state index in [1.807, 2.05) is 18.2 Å². The topological polar surface area (TPSA) is 32.3 Å². The largest absolute Gasteiger partial charge is 0.392 e. The molecule has 0 fully saturated rings. The molecule has 2 nitrogen and oxygen atoms in total. The molecule has 0 heterocycles. The minimum atomic E-state index is 0.0460. The van der Waals surface area contributed by atoms with Crippen LogP contribution in [0.2, 0.25) is 5.02 Å². The maximum atomic E-state index is 9.08. The molecule has 1 rings (SSSR count). The first kappa shape index (κ1) is 13.3. The van der Waals surface area contributed by atoms with Crippen molar-refractivity contribution in [3.63, 3.8) is 0 Å². The number of aliphatic hydroxyl groups is 1. The molecule has 1 aromatic rings. The van der Waals surface area contributed by atoms with Gasteiger partial charge >= 0.3 is 0 Å². The lowest BCUT2D eigenvalue weighted by Gasteiger charge is -2.23. The Bertz CT molecular complexity index is 339. The van der Waals surface area contributed by atoms with Gasteiger partial charge in [0, 0.05) is 6.04 Å². The summed E-state index contributed by atoms with van der Waals surface area (Å²) < 4.78 is 0. The second-order valence-electron chi connectivity index (χ2n) is 4.38. The molecule has 3 heteroatoms. The first-order valence-electron chi connectivity index (χ1n) is 5.74. The molecule has 0 aliphatic rings. The predicted octanol–water partition coefficient (Wildman–Crippen LogP) is 3.68. The quantitative estimate of drug-likeness (QED) is 0.824. The molecule has 0 saturated heterocycles. The number of hydrogen-bond acceptors (Lipinski definition) is 2. The van der Waals surface area contributed by atoms with Gasteiger partial charge in [-0.2, -0.15) is 0 Å². The second kappa shape index (κ2) is 6.12. The van der Waals surface area contributed by atoms with Crippen LogP contribution in [0.4, 0.5) is 5.69 Å². The van der Waals surface area contributed by atoms with Crippen molar-refractivity contribution in [1.29, 1.82) is 0 Å². The Morgan fingerprint density at radius 2 is 2.06 bits per heavy atom. The van der Waals surface area contributed by atoms with Crippen molar-refractivity contribution in [2.24, 2.45) is 5.92 Å². The van der Waals surface area contributed by atoms with E-state index < -0.39 is 0 Å². The Morgan fingerprint density at radius 1 is 1.38 bits per heavy atom. The maximum Gasteiger partial charge on any atom is 0.0682 e. The van der Waals surface area contributed by atoms with Gasteiger partial charge in [-0.3, -0.25) is 0 Å². The zero-order chi connectivity index (χ0) is 12.1. The Kier molecular flexibility index (Phi) is 5.10. The van der Waals surface area contributed by atoms with E-state index in [9.17, 15) is 0 Å². The van der Waals surface area contributed by atoms with Gasteiger partial charge in [-0.25, -0.2) is 0 Å². The third-order valence-electron chi connectivity index (χ3n) is 2.80. The standard InChI is InChI=1S/C13H20ClNO/c1-4-12(9(2)3)15-13-7-10(8-16)5-6-11(13)14/h5-7,9,12,15-16H,4,8H2,1-3H3. The summed E-state index contributed by atoms with van der Waals surface area (Å²) in [6, 6.07) is 5.98. The number of hydrogen-bond donors (Lipinski definition) is 2. The number of aliphatic hydroxyl groups excluding tert-OH is 1. The molecule has 2 N–H and O–H groups in total. The summed E-state index contributed by atoms with van der Waals surface area (Å²) in [5, 5.41) is 13.2. The fourth-order valence-electron chi connectivity index (χ4n) is 1.72. The summed E-state index contributed by atoms with van der Waals surface area (Å²) >= 11 is 6.11. The summed E-state index contributed by atoms with van der Waals surface area (Å²) in [4.78, 5) is 0. The lowest BCUT2D eigenvalue weighted by Crippen LogP contribution is -2.24. The minimum absolute atomic E-state index is 0.0460. The van der Waals surface area contributed by atoms with Crippen molar-refractivity contribution in [3.05, 3.63) is 28.8 Å². The van der Waals surface area contributed by atoms with Crippen LogP contribution in [0.5, 0.6) is 0 Å². The molecule has 0 radical (unpaired) electrons. The van der Waals surface area contributed by atoms with E-state index in [-0.39, 0.29) is 6.61 Å². The minimum Gasteiger partial charge on any atom is -0.392 e. The fourth-order valence-corrected chi connectivity index (χ4v) is 1.89.